The van der Waals surface area contributed by atoms with Gasteiger partial charge < -0.3 is 4.90 Å². The molecule has 2 rings (SSSR count). The van der Waals surface area contributed by atoms with Crippen LogP contribution in [-0.2, 0) is 0 Å². The third-order valence-electron chi connectivity index (χ3n) is 6.32. The van der Waals surface area contributed by atoms with Crippen molar-refractivity contribution in [1.82, 2.24) is 9.80 Å². The fourth-order valence-corrected chi connectivity index (χ4v) is 4.26. The first-order chi connectivity index (χ1) is 9.70. The van der Waals surface area contributed by atoms with Gasteiger partial charge in [0.05, 0.1) is 0 Å². The molecule has 0 aromatic carbocycles. The molecule has 0 bridgehead atoms. The van der Waals surface area contributed by atoms with Crippen LogP contribution < -0.4 is 0 Å². The van der Waals surface area contributed by atoms with E-state index in [1.165, 1.54) is 39.0 Å². The van der Waals surface area contributed by atoms with E-state index in [0.717, 1.165) is 29.7 Å². The monoisotopic (exact) mass is 294 g/mol. The standard InChI is InChI=1S/C19H38N2/c1-14(2)18-12-21(13-18)19(6,7)10-16(5)17-8-9-20(11-17)15(3)4/h14-18H,8-13H2,1-7H3. The molecular formula is C19H38N2. The second kappa shape index (κ2) is 6.58. The number of hydrogen-bond donors (Lipinski definition) is 0. The highest BCUT2D eigenvalue weighted by Gasteiger charge is 2.40. The SMILES string of the molecule is CC(C)C1CN(C(C)(C)CC(C)C2CCN(C(C)C)C2)C1. The average molecular weight is 295 g/mol. The molecule has 2 aliphatic heterocycles. The lowest BCUT2D eigenvalue weighted by molar-refractivity contribution is -0.0288. The highest BCUT2D eigenvalue weighted by atomic mass is 15.2. The molecule has 2 fully saturated rings. The number of likely N-dealkylation sites (tertiary alicyclic amines) is 2. The summed E-state index contributed by atoms with van der Waals surface area (Å²) in [6.07, 6.45) is 2.76. The van der Waals surface area contributed by atoms with Gasteiger partial charge in [-0.25, -0.2) is 0 Å². The Kier molecular flexibility index (Phi) is 5.41. The van der Waals surface area contributed by atoms with Crippen molar-refractivity contribution in [3.8, 4) is 0 Å². The van der Waals surface area contributed by atoms with Crippen molar-refractivity contribution in [3.05, 3.63) is 0 Å². The lowest BCUT2D eigenvalue weighted by Crippen LogP contribution is -2.59. The van der Waals surface area contributed by atoms with E-state index in [1.54, 1.807) is 0 Å². The van der Waals surface area contributed by atoms with Crippen LogP contribution in [0.1, 0.15) is 61.3 Å². The zero-order valence-corrected chi connectivity index (χ0v) is 15.5. The maximum Gasteiger partial charge on any atom is 0.0156 e. The van der Waals surface area contributed by atoms with Gasteiger partial charge in [-0.1, -0.05) is 20.8 Å². The largest absolute Gasteiger partial charge is 0.301 e. The lowest BCUT2D eigenvalue weighted by atomic mass is 9.78. The second-order valence-electron chi connectivity index (χ2n) is 9.04. The highest BCUT2D eigenvalue weighted by Crippen LogP contribution is 2.37. The summed E-state index contributed by atoms with van der Waals surface area (Å²) < 4.78 is 0. The van der Waals surface area contributed by atoms with E-state index in [-0.39, 0.29) is 0 Å². The molecule has 2 aliphatic rings. The van der Waals surface area contributed by atoms with Gasteiger partial charge in [0.1, 0.15) is 0 Å². The Morgan fingerprint density at radius 3 is 2.05 bits per heavy atom. The Balaban J connectivity index is 1.81. The molecule has 0 N–H and O–H groups in total. The molecule has 21 heavy (non-hydrogen) atoms. The van der Waals surface area contributed by atoms with E-state index in [1.807, 2.05) is 0 Å². The quantitative estimate of drug-likeness (QED) is 0.727. The Morgan fingerprint density at radius 2 is 1.57 bits per heavy atom. The normalized spacial score (nSPS) is 27.6. The van der Waals surface area contributed by atoms with Crippen molar-refractivity contribution >= 4 is 0 Å². The smallest absolute Gasteiger partial charge is 0.0156 e. The predicted octanol–water partition coefficient (Wildman–Crippen LogP) is 4.11. The molecule has 0 spiro atoms. The summed E-state index contributed by atoms with van der Waals surface area (Å²) in [7, 11) is 0. The van der Waals surface area contributed by atoms with Crippen LogP contribution in [0.25, 0.3) is 0 Å². The lowest BCUT2D eigenvalue weighted by Gasteiger charge is -2.52. The van der Waals surface area contributed by atoms with E-state index >= 15 is 0 Å². The summed E-state index contributed by atoms with van der Waals surface area (Å²) in [5.74, 6) is 3.54. The summed E-state index contributed by atoms with van der Waals surface area (Å²) in [6.45, 7) is 22.1. The Hall–Kier alpha value is -0.0800. The van der Waals surface area contributed by atoms with Gasteiger partial charge in [-0.15, -0.1) is 0 Å². The molecule has 0 aromatic heterocycles. The molecule has 0 aliphatic carbocycles. The first kappa shape index (κ1) is 17.3. The summed E-state index contributed by atoms with van der Waals surface area (Å²) >= 11 is 0. The van der Waals surface area contributed by atoms with E-state index < -0.39 is 0 Å². The molecule has 124 valence electrons. The average Bonchev–Trinajstić information content (AvgIpc) is 2.73. The van der Waals surface area contributed by atoms with Crippen molar-refractivity contribution < 1.29 is 0 Å². The summed E-state index contributed by atoms with van der Waals surface area (Å²) in [5, 5.41) is 0. The third kappa shape index (κ3) is 4.01. The van der Waals surface area contributed by atoms with Crippen molar-refractivity contribution in [2.75, 3.05) is 26.2 Å². The van der Waals surface area contributed by atoms with Crippen LogP contribution in [0.2, 0.25) is 0 Å². The van der Waals surface area contributed by atoms with Gasteiger partial charge in [0.15, 0.2) is 0 Å². The van der Waals surface area contributed by atoms with Crippen LogP contribution in [0.4, 0.5) is 0 Å². The number of hydrogen-bond acceptors (Lipinski definition) is 2. The van der Waals surface area contributed by atoms with Gasteiger partial charge in [-0.2, -0.15) is 0 Å². The summed E-state index contributed by atoms with van der Waals surface area (Å²) in [4.78, 5) is 5.38. The molecule has 2 heteroatoms. The van der Waals surface area contributed by atoms with Crippen LogP contribution in [0.3, 0.4) is 0 Å². The Labute approximate surface area is 133 Å². The molecule has 2 atom stereocenters. The van der Waals surface area contributed by atoms with Crippen LogP contribution in [0.5, 0.6) is 0 Å². The second-order valence-corrected chi connectivity index (χ2v) is 9.04. The molecular weight excluding hydrogens is 256 g/mol. The minimum atomic E-state index is 0.385. The fourth-order valence-electron chi connectivity index (χ4n) is 4.26. The zero-order chi connectivity index (χ0) is 15.8. The zero-order valence-electron chi connectivity index (χ0n) is 15.5. The molecule has 0 amide bonds. The van der Waals surface area contributed by atoms with Crippen molar-refractivity contribution in [2.24, 2.45) is 23.7 Å². The highest BCUT2D eigenvalue weighted by molar-refractivity contribution is 4.94. The summed E-state index contributed by atoms with van der Waals surface area (Å²) in [6, 6.07) is 0.720. The summed E-state index contributed by atoms with van der Waals surface area (Å²) in [5.41, 5.74) is 0.385. The van der Waals surface area contributed by atoms with Crippen LogP contribution in [0, 0.1) is 23.7 Å². The third-order valence-corrected chi connectivity index (χ3v) is 6.32. The van der Waals surface area contributed by atoms with E-state index in [0.29, 0.717) is 5.54 Å². The minimum absolute atomic E-state index is 0.385. The van der Waals surface area contributed by atoms with Crippen LogP contribution >= 0.6 is 0 Å². The molecule has 0 aromatic rings. The molecule has 2 nitrogen and oxygen atoms in total. The van der Waals surface area contributed by atoms with Gasteiger partial charge in [0.2, 0.25) is 0 Å². The van der Waals surface area contributed by atoms with Crippen LogP contribution in [-0.4, -0.2) is 47.6 Å². The maximum absolute atomic E-state index is 2.73. The number of rotatable bonds is 6. The van der Waals surface area contributed by atoms with Gasteiger partial charge in [0, 0.05) is 31.2 Å². The van der Waals surface area contributed by atoms with E-state index in [9.17, 15) is 0 Å². The fraction of sp³-hybridized carbons (Fsp3) is 1.00. The first-order valence-corrected chi connectivity index (χ1v) is 9.19. The topological polar surface area (TPSA) is 6.48 Å². The van der Waals surface area contributed by atoms with Crippen molar-refractivity contribution in [2.45, 2.75) is 72.9 Å². The van der Waals surface area contributed by atoms with E-state index in [2.05, 4.69) is 58.3 Å². The van der Waals surface area contributed by atoms with Crippen molar-refractivity contribution in [1.29, 1.82) is 0 Å². The van der Waals surface area contributed by atoms with E-state index in [4.69, 9.17) is 0 Å². The Morgan fingerprint density at radius 1 is 0.952 bits per heavy atom. The van der Waals surface area contributed by atoms with Gasteiger partial charge in [-0.3, -0.25) is 4.90 Å². The number of nitrogens with zero attached hydrogens (tertiary/aromatic N) is 2. The molecule has 0 saturated carbocycles. The Bertz CT molecular complexity index is 328. The van der Waals surface area contributed by atoms with Gasteiger partial charge >= 0.3 is 0 Å². The van der Waals surface area contributed by atoms with Gasteiger partial charge in [-0.05, 0) is 70.8 Å². The molecule has 2 saturated heterocycles. The molecule has 2 heterocycles. The van der Waals surface area contributed by atoms with Crippen molar-refractivity contribution in [3.63, 3.8) is 0 Å². The first-order valence-electron chi connectivity index (χ1n) is 9.19. The van der Waals surface area contributed by atoms with Crippen LogP contribution in [0.15, 0.2) is 0 Å². The predicted molar refractivity (Wildman–Crippen MR) is 92.6 cm³/mol. The molecule has 0 radical (unpaired) electrons. The maximum atomic E-state index is 2.73. The molecule has 2 unspecified atom stereocenters. The minimum Gasteiger partial charge on any atom is -0.301 e. The van der Waals surface area contributed by atoms with Gasteiger partial charge in [0.25, 0.3) is 0 Å².